The number of aliphatic imine (C=N–C) groups is 1. The third-order valence-corrected chi connectivity index (χ3v) is 3.93. The largest absolute Gasteiger partial charge is 0.357 e. The molecule has 8 heteroatoms. The van der Waals surface area contributed by atoms with E-state index in [9.17, 15) is 0 Å². The summed E-state index contributed by atoms with van der Waals surface area (Å²) in [6.07, 6.45) is 1.08. The molecule has 0 saturated carbocycles. The van der Waals surface area contributed by atoms with Crippen LogP contribution in [0.25, 0.3) is 0 Å². The van der Waals surface area contributed by atoms with Crippen LogP contribution in [0, 0.1) is 12.8 Å². The first-order chi connectivity index (χ1) is 10.7. The van der Waals surface area contributed by atoms with E-state index in [-0.39, 0.29) is 24.0 Å². The predicted molar refractivity (Wildman–Crippen MR) is 104 cm³/mol. The number of aryl methyl sites for hydroxylation is 1. The van der Waals surface area contributed by atoms with Crippen molar-refractivity contribution in [3.8, 4) is 0 Å². The lowest BCUT2D eigenvalue weighted by atomic mass is 10.1. The van der Waals surface area contributed by atoms with Gasteiger partial charge in [-0.25, -0.2) is 4.99 Å². The first-order valence-corrected chi connectivity index (χ1v) is 8.39. The van der Waals surface area contributed by atoms with Crippen LogP contribution in [0.2, 0.25) is 0 Å². The fraction of sp³-hybridized carbons (Fsp3) is 0.533. The number of hydrogen-bond donors (Lipinski definition) is 2. The van der Waals surface area contributed by atoms with Gasteiger partial charge in [-0.1, -0.05) is 18.1 Å². The Morgan fingerprint density at radius 1 is 1.43 bits per heavy atom. The summed E-state index contributed by atoms with van der Waals surface area (Å²) in [4.78, 5) is 10.0. The highest BCUT2D eigenvalue weighted by molar-refractivity contribution is 14.0. The molecule has 0 spiro atoms. The number of nitrogens with one attached hydrogen (secondary N) is 2. The van der Waals surface area contributed by atoms with Crippen molar-refractivity contribution in [2.45, 2.75) is 33.7 Å². The smallest absolute Gasteiger partial charge is 0.248 e. The summed E-state index contributed by atoms with van der Waals surface area (Å²) in [6, 6.07) is 4.27. The molecule has 0 aliphatic heterocycles. The predicted octanol–water partition coefficient (Wildman–Crippen LogP) is 2.99. The average molecular weight is 449 g/mol. The minimum absolute atomic E-state index is 0. The van der Waals surface area contributed by atoms with E-state index in [1.165, 1.54) is 4.88 Å². The highest BCUT2D eigenvalue weighted by Crippen LogP contribution is 2.13. The fourth-order valence-electron chi connectivity index (χ4n) is 2.01. The van der Waals surface area contributed by atoms with Gasteiger partial charge < -0.3 is 15.2 Å². The lowest BCUT2D eigenvalue weighted by Crippen LogP contribution is -2.39. The van der Waals surface area contributed by atoms with Gasteiger partial charge in [0.1, 0.15) is 6.54 Å². The van der Waals surface area contributed by atoms with E-state index >= 15 is 0 Å². The Morgan fingerprint density at radius 2 is 2.26 bits per heavy atom. The molecule has 0 radical (unpaired) electrons. The van der Waals surface area contributed by atoms with Gasteiger partial charge in [0.2, 0.25) is 5.89 Å². The van der Waals surface area contributed by atoms with Crippen LogP contribution in [-0.4, -0.2) is 29.2 Å². The van der Waals surface area contributed by atoms with Gasteiger partial charge in [-0.15, -0.1) is 35.3 Å². The van der Waals surface area contributed by atoms with Gasteiger partial charge in [0.25, 0.3) is 0 Å². The molecule has 0 fully saturated rings. The van der Waals surface area contributed by atoms with E-state index in [1.807, 2.05) is 6.92 Å². The maximum absolute atomic E-state index is 5.07. The molecule has 2 N–H and O–H groups in total. The van der Waals surface area contributed by atoms with E-state index in [0.717, 1.165) is 25.5 Å². The van der Waals surface area contributed by atoms with Crippen LogP contribution in [-0.2, 0) is 13.0 Å². The van der Waals surface area contributed by atoms with Gasteiger partial charge in [-0.05, 0) is 37.6 Å². The average Bonchev–Trinajstić information content (AvgIpc) is 3.13. The summed E-state index contributed by atoms with van der Waals surface area (Å²) in [7, 11) is 0. The molecule has 2 heterocycles. The first-order valence-electron chi connectivity index (χ1n) is 7.51. The van der Waals surface area contributed by atoms with Crippen molar-refractivity contribution in [1.29, 1.82) is 0 Å². The zero-order valence-corrected chi connectivity index (χ0v) is 16.9. The second kappa shape index (κ2) is 10.6. The van der Waals surface area contributed by atoms with Crippen LogP contribution in [0.15, 0.2) is 27.0 Å². The van der Waals surface area contributed by atoms with Crippen molar-refractivity contribution in [2.24, 2.45) is 10.9 Å². The quantitative estimate of drug-likeness (QED) is 0.386. The third-order valence-electron chi connectivity index (χ3n) is 3.03. The summed E-state index contributed by atoms with van der Waals surface area (Å²) in [5, 5.41) is 12.5. The van der Waals surface area contributed by atoms with Gasteiger partial charge in [0, 0.05) is 18.0 Å². The molecule has 128 valence electrons. The van der Waals surface area contributed by atoms with Crippen molar-refractivity contribution in [2.75, 3.05) is 13.1 Å². The summed E-state index contributed by atoms with van der Waals surface area (Å²) in [5.74, 6) is 2.47. The first kappa shape index (κ1) is 19.9. The van der Waals surface area contributed by atoms with Crippen LogP contribution >= 0.6 is 35.3 Å². The van der Waals surface area contributed by atoms with Crippen molar-refractivity contribution in [1.82, 2.24) is 20.8 Å². The third kappa shape index (κ3) is 7.30. The zero-order valence-electron chi connectivity index (χ0n) is 13.7. The Morgan fingerprint density at radius 3 is 2.87 bits per heavy atom. The number of nitrogens with zero attached hydrogens (tertiary/aromatic N) is 3. The monoisotopic (exact) mass is 449 g/mol. The van der Waals surface area contributed by atoms with Crippen LogP contribution in [0.3, 0.4) is 0 Å². The Labute approximate surface area is 158 Å². The number of thiophene rings is 1. The van der Waals surface area contributed by atoms with E-state index in [1.54, 1.807) is 18.3 Å². The molecule has 2 rings (SSSR count). The van der Waals surface area contributed by atoms with E-state index in [0.29, 0.717) is 24.2 Å². The molecular weight excluding hydrogens is 425 g/mol. The van der Waals surface area contributed by atoms with Crippen molar-refractivity contribution in [3.63, 3.8) is 0 Å². The van der Waals surface area contributed by atoms with Crippen LogP contribution in [0.5, 0.6) is 0 Å². The maximum atomic E-state index is 5.07. The molecule has 6 nitrogen and oxygen atoms in total. The Kier molecular flexibility index (Phi) is 9.15. The number of aromatic nitrogens is 2. The molecule has 1 atom stereocenters. The normalized spacial score (nSPS) is 12.6. The van der Waals surface area contributed by atoms with Crippen molar-refractivity contribution >= 4 is 41.3 Å². The maximum Gasteiger partial charge on any atom is 0.248 e. The molecule has 0 aromatic carbocycles. The molecule has 0 aliphatic rings. The van der Waals surface area contributed by atoms with Crippen LogP contribution in [0.4, 0.5) is 0 Å². The zero-order chi connectivity index (χ0) is 15.8. The number of rotatable bonds is 7. The summed E-state index contributed by atoms with van der Waals surface area (Å²) < 4.78 is 5.07. The lowest BCUT2D eigenvalue weighted by Gasteiger charge is -2.15. The van der Waals surface area contributed by atoms with Gasteiger partial charge in [-0.2, -0.15) is 4.98 Å². The molecule has 0 bridgehead atoms. The standard InChI is InChI=1S/C15H23N5OS.HI/c1-4-16-15(18-10-14-19-12(3)20-21-14)17-9-11(2)8-13-6-5-7-22-13;/h5-7,11H,4,8-10H2,1-3H3,(H2,16,17,18);1H. The fourth-order valence-corrected chi connectivity index (χ4v) is 2.88. The van der Waals surface area contributed by atoms with Gasteiger partial charge in [0.05, 0.1) is 0 Å². The van der Waals surface area contributed by atoms with Gasteiger partial charge in [-0.3, -0.25) is 0 Å². The molecule has 0 aliphatic carbocycles. The Bertz CT molecular complexity index is 584. The van der Waals surface area contributed by atoms with Crippen LogP contribution < -0.4 is 10.6 Å². The highest BCUT2D eigenvalue weighted by Gasteiger charge is 2.07. The van der Waals surface area contributed by atoms with E-state index < -0.39 is 0 Å². The summed E-state index contributed by atoms with van der Waals surface area (Å²) in [6.45, 7) is 8.14. The second-order valence-corrected chi connectivity index (χ2v) is 6.23. The van der Waals surface area contributed by atoms with E-state index in [2.05, 4.69) is 50.2 Å². The minimum Gasteiger partial charge on any atom is -0.357 e. The van der Waals surface area contributed by atoms with Crippen molar-refractivity contribution < 1.29 is 4.52 Å². The number of halogens is 1. The molecular formula is C15H24IN5OS. The van der Waals surface area contributed by atoms with Gasteiger partial charge in [0.15, 0.2) is 11.8 Å². The Hall–Kier alpha value is -1.16. The number of guanidine groups is 1. The van der Waals surface area contributed by atoms with Crippen LogP contribution in [0.1, 0.15) is 30.4 Å². The topological polar surface area (TPSA) is 75.3 Å². The minimum atomic E-state index is 0. The van der Waals surface area contributed by atoms with E-state index in [4.69, 9.17) is 4.52 Å². The highest BCUT2D eigenvalue weighted by atomic mass is 127. The lowest BCUT2D eigenvalue weighted by molar-refractivity contribution is 0.376. The molecule has 1 unspecified atom stereocenters. The second-order valence-electron chi connectivity index (χ2n) is 5.20. The molecule has 2 aromatic rings. The molecule has 2 aromatic heterocycles. The Balaban J connectivity index is 0.00000264. The summed E-state index contributed by atoms with van der Waals surface area (Å²) >= 11 is 1.80. The number of hydrogen-bond acceptors (Lipinski definition) is 5. The molecule has 0 saturated heterocycles. The SMILES string of the molecule is CCNC(=NCc1nc(C)no1)NCC(C)Cc1cccs1.I. The molecule has 23 heavy (non-hydrogen) atoms. The summed E-state index contributed by atoms with van der Waals surface area (Å²) in [5.41, 5.74) is 0. The van der Waals surface area contributed by atoms with Crippen molar-refractivity contribution in [3.05, 3.63) is 34.1 Å². The molecule has 0 amide bonds. The van der Waals surface area contributed by atoms with Gasteiger partial charge >= 0.3 is 0 Å².